The van der Waals surface area contributed by atoms with Crippen LogP contribution in [-0.4, -0.2) is 34.3 Å². The number of methoxy groups -OCH3 is 1. The summed E-state index contributed by atoms with van der Waals surface area (Å²) in [6, 6.07) is 10.2. The quantitative estimate of drug-likeness (QED) is 0.507. The largest absolute Gasteiger partial charge is 0.467 e. The number of hydrogen-bond donors (Lipinski definition) is 1. The van der Waals surface area contributed by atoms with E-state index in [4.69, 9.17) is 4.42 Å². The fourth-order valence-corrected chi connectivity index (χ4v) is 3.02. The topological polar surface area (TPSA) is 86.4 Å². The number of imidazole rings is 1. The summed E-state index contributed by atoms with van der Waals surface area (Å²) in [4.78, 5) is 27.8. The van der Waals surface area contributed by atoms with E-state index < -0.39 is 5.97 Å². The van der Waals surface area contributed by atoms with Gasteiger partial charge in [-0.05, 0) is 36.4 Å². The normalized spacial score (nSPS) is 10.5. The van der Waals surface area contributed by atoms with Gasteiger partial charge in [0.1, 0.15) is 5.76 Å². The smallest absolute Gasteiger partial charge is 0.337 e. The number of nitrogens with zero attached hydrogens (tertiary/aromatic N) is 2. The minimum atomic E-state index is -0.415. The summed E-state index contributed by atoms with van der Waals surface area (Å²) in [5.74, 6) is 0.462. The van der Waals surface area contributed by atoms with Crippen molar-refractivity contribution in [3.05, 3.63) is 66.4 Å². The molecule has 26 heavy (non-hydrogen) atoms. The Hall–Kier alpha value is -3.00. The zero-order valence-electron chi connectivity index (χ0n) is 14.0. The Labute approximate surface area is 154 Å². The van der Waals surface area contributed by atoms with Gasteiger partial charge in [-0.2, -0.15) is 0 Å². The number of anilines is 1. The van der Waals surface area contributed by atoms with Crippen molar-refractivity contribution in [3.8, 4) is 0 Å². The monoisotopic (exact) mass is 371 g/mol. The van der Waals surface area contributed by atoms with Gasteiger partial charge in [-0.1, -0.05) is 11.8 Å². The maximum Gasteiger partial charge on any atom is 0.337 e. The van der Waals surface area contributed by atoms with Crippen LogP contribution in [0.1, 0.15) is 16.1 Å². The predicted molar refractivity (Wildman–Crippen MR) is 97.2 cm³/mol. The molecule has 0 spiro atoms. The van der Waals surface area contributed by atoms with Crippen molar-refractivity contribution < 1.29 is 18.7 Å². The van der Waals surface area contributed by atoms with Crippen LogP contribution in [-0.2, 0) is 16.1 Å². The molecule has 3 aromatic rings. The zero-order chi connectivity index (χ0) is 18.4. The summed E-state index contributed by atoms with van der Waals surface area (Å²) in [6.45, 7) is 0.561. The van der Waals surface area contributed by atoms with Crippen LogP contribution in [0.4, 0.5) is 5.69 Å². The number of nitrogens with one attached hydrogen (secondary N) is 1. The first kappa shape index (κ1) is 17.8. The molecule has 0 fully saturated rings. The average molecular weight is 371 g/mol. The maximum absolute atomic E-state index is 12.1. The minimum absolute atomic E-state index is 0.159. The molecule has 7 nitrogen and oxygen atoms in total. The van der Waals surface area contributed by atoms with Crippen molar-refractivity contribution in [1.82, 2.24) is 9.55 Å². The SMILES string of the molecule is COC(=O)c1ccc(NC(=O)CSc2nccn2Cc2ccco2)cc1. The highest BCUT2D eigenvalue weighted by Gasteiger charge is 2.10. The summed E-state index contributed by atoms with van der Waals surface area (Å²) in [6.07, 6.45) is 5.15. The second-order valence-corrected chi connectivity index (χ2v) is 6.27. The van der Waals surface area contributed by atoms with Gasteiger partial charge in [-0.15, -0.1) is 0 Å². The molecular weight excluding hydrogens is 354 g/mol. The summed E-state index contributed by atoms with van der Waals surface area (Å²) >= 11 is 1.34. The number of hydrogen-bond acceptors (Lipinski definition) is 6. The molecule has 0 atom stereocenters. The van der Waals surface area contributed by atoms with E-state index in [2.05, 4.69) is 15.0 Å². The van der Waals surface area contributed by atoms with Gasteiger partial charge in [-0.3, -0.25) is 4.79 Å². The third-order valence-electron chi connectivity index (χ3n) is 3.51. The highest BCUT2D eigenvalue weighted by atomic mass is 32.2. The zero-order valence-corrected chi connectivity index (χ0v) is 14.9. The van der Waals surface area contributed by atoms with Crippen molar-refractivity contribution in [3.63, 3.8) is 0 Å². The molecule has 8 heteroatoms. The average Bonchev–Trinajstić information content (AvgIpc) is 3.32. The van der Waals surface area contributed by atoms with E-state index in [1.165, 1.54) is 18.9 Å². The van der Waals surface area contributed by atoms with Crippen LogP contribution in [0.3, 0.4) is 0 Å². The van der Waals surface area contributed by atoms with Gasteiger partial charge in [0, 0.05) is 18.1 Å². The van der Waals surface area contributed by atoms with Crippen LogP contribution in [0.2, 0.25) is 0 Å². The molecule has 1 amide bonds. The summed E-state index contributed by atoms with van der Waals surface area (Å²) < 4.78 is 11.9. The molecule has 0 unspecified atom stereocenters. The Kier molecular flexibility index (Phi) is 5.75. The number of rotatable bonds is 7. The molecule has 1 N–H and O–H groups in total. The van der Waals surface area contributed by atoms with Gasteiger partial charge in [0.15, 0.2) is 5.16 Å². The molecule has 0 aliphatic rings. The lowest BCUT2D eigenvalue weighted by Crippen LogP contribution is -2.14. The van der Waals surface area contributed by atoms with Crippen molar-refractivity contribution in [2.45, 2.75) is 11.7 Å². The number of amides is 1. The van der Waals surface area contributed by atoms with E-state index in [1.54, 1.807) is 36.7 Å². The van der Waals surface area contributed by atoms with Crippen molar-refractivity contribution >= 4 is 29.3 Å². The minimum Gasteiger partial charge on any atom is -0.467 e. The predicted octanol–water partition coefficient (Wildman–Crippen LogP) is 3.04. The summed E-state index contributed by atoms with van der Waals surface area (Å²) in [5.41, 5.74) is 1.04. The van der Waals surface area contributed by atoms with Crippen LogP contribution in [0.15, 0.2) is 64.6 Å². The maximum atomic E-state index is 12.1. The number of furan rings is 1. The molecule has 0 aliphatic carbocycles. The number of carbonyl (C=O) groups is 2. The lowest BCUT2D eigenvalue weighted by molar-refractivity contribution is -0.113. The van der Waals surface area contributed by atoms with E-state index in [-0.39, 0.29) is 11.7 Å². The summed E-state index contributed by atoms with van der Waals surface area (Å²) in [7, 11) is 1.32. The number of esters is 1. The molecule has 0 radical (unpaired) electrons. The van der Waals surface area contributed by atoms with Crippen LogP contribution in [0.5, 0.6) is 0 Å². The molecule has 1 aromatic carbocycles. The second kappa shape index (κ2) is 8.39. The fraction of sp³-hybridized carbons (Fsp3) is 0.167. The van der Waals surface area contributed by atoms with Crippen LogP contribution in [0, 0.1) is 0 Å². The van der Waals surface area contributed by atoms with Gasteiger partial charge < -0.3 is 19.0 Å². The van der Waals surface area contributed by atoms with Crippen molar-refractivity contribution in [2.24, 2.45) is 0 Å². The van der Waals surface area contributed by atoms with Gasteiger partial charge >= 0.3 is 5.97 Å². The molecule has 3 rings (SSSR count). The Morgan fingerprint density at radius 2 is 2.08 bits per heavy atom. The molecule has 0 aliphatic heterocycles. The molecule has 0 saturated heterocycles. The van der Waals surface area contributed by atoms with Crippen molar-refractivity contribution in [1.29, 1.82) is 0 Å². The van der Waals surface area contributed by atoms with Gasteiger partial charge in [-0.25, -0.2) is 9.78 Å². The molecule has 2 heterocycles. The number of benzene rings is 1. The van der Waals surface area contributed by atoms with Gasteiger partial charge in [0.25, 0.3) is 0 Å². The Bertz CT molecular complexity index is 872. The highest BCUT2D eigenvalue weighted by molar-refractivity contribution is 7.99. The Balaban J connectivity index is 1.53. The number of aromatic nitrogens is 2. The third kappa shape index (κ3) is 4.54. The standard InChI is InChI=1S/C18H17N3O4S/c1-24-17(23)13-4-6-14(7-5-13)20-16(22)12-26-18-19-8-9-21(18)11-15-3-2-10-25-15/h2-10H,11-12H2,1H3,(H,20,22). The van der Waals surface area contributed by atoms with Crippen molar-refractivity contribution in [2.75, 3.05) is 18.2 Å². The molecule has 134 valence electrons. The first-order valence-electron chi connectivity index (χ1n) is 7.80. The molecule has 0 saturated carbocycles. The van der Waals surface area contributed by atoms with Crippen LogP contribution >= 0.6 is 11.8 Å². The number of carbonyl (C=O) groups excluding carboxylic acids is 2. The van der Waals surface area contributed by atoms with E-state index in [0.717, 1.165) is 10.9 Å². The van der Waals surface area contributed by atoms with Gasteiger partial charge in [0.2, 0.25) is 5.91 Å². The first-order valence-corrected chi connectivity index (χ1v) is 8.79. The Morgan fingerprint density at radius 1 is 1.27 bits per heavy atom. The molecular formula is C18H17N3O4S. The van der Waals surface area contributed by atoms with E-state index >= 15 is 0 Å². The lowest BCUT2D eigenvalue weighted by Gasteiger charge is -2.07. The van der Waals surface area contributed by atoms with E-state index in [1.807, 2.05) is 22.9 Å². The van der Waals surface area contributed by atoms with Crippen LogP contribution < -0.4 is 5.32 Å². The third-order valence-corrected chi connectivity index (χ3v) is 4.51. The van der Waals surface area contributed by atoms with Crippen LogP contribution in [0.25, 0.3) is 0 Å². The van der Waals surface area contributed by atoms with E-state index in [0.29, 0.717) is 17.8 Å². The van der Waals surface area contributed by atoms with Gasteiger partial charge in [0.05, 0.1) is 31.2 Å². The first-order chi connectivity index (χ1) is 12.7. The second-order valence-electron chi connectivity index (χ2n) is 5.32. The highest BCUT2D eigenvalue weighted by Crippen LogP contribution is 2.18. The molecule has 2 aromatic heterocycles. The lowest BCUT2D eigenvalue weighted by atomic mass is 10.2. The number of thioether (sulfide) groups is 1. The fourth-order valence-electron chi connectivity index (χ4n) is 2.26. The number of ether oxygens (including phenoxy) is 1. The van der Waals surface area contributed by atoms with E-state index in [9.17, 15) is 9.59 Å². The molecule has 0 bridgehead atoms. The Morgan fingerprint density at radius 3 is 2.77 bits per heavy atom. The summed E-state index contributed by atoms with van der Waals surface area (Å²) in [5, 5.41) is 3.52.